The lowest BCUT2D eigenvalue weighted by molar-refractivity contribution is -0.155. The van der Waals surface area contributed by atoms with Gasteiger partial charge in [-0.05, 0) is 88.4 Å². The van der Waals surface area contributed by atoms with E-state index in [2.05, 4.69) is 9.88 Å². The second kappa shape index (κ2) is 18.0. The summed E-state index contributed by atoms with van der Waals surface area (Å²) in [5.74, 6) is -2.27. The number of anilines is 2. The van der Waals surface area contributed by atoms with Gasteiger partial charge in [-0.2, -0.15) is 18.4 Å². The van der Waals surface area contributed by atoms with Gasteiger partial charge in [0.1, 0.15) is 5.66 Å². The number of morpholine rings is 1. The SMILES string of the molecule is CC(C)(COCC(C)(C)C(=O)O)C(=O)O.CC[C@]1(N)C[C@@H](c2ncc(N3CCOCC3)cc2Cc2cc(C#N)cc(C(F)(F)F)c2)c2nc(OC)ccc2N1C(=O)O. The minimum Gasteiger partial charge on any atom is -0.481 e. The third-order valence-electron chi connectivity index (χ3n) is 10.1. The van der Waals surface area contributed by atoms with Crippen LogP contribution in [0.2, 0.25) is 0 Å². The zero-order valence-electron chi connectivity index (χ0n) is 33.2. The average molecular weight is 815 g/mol. The maximum absolute atomic E-state index is 13.7. The van der Waals surface area contributed by atoms with E-state index in [1.54, 1.807) is 25.3 Å². The predicted octanol–water partition coefficient (Wildman–Crippen LogP) is 6.11. The maximum atomic E-state index is 13.7. The fraction of sp³-hybridized carbons (Fsp3) is 0.500. The molecule has 2 aliphatic rings. The second-order valence-corrected chi connectivity index (χ2v) is 15.5. The molecule has 0 bridgehead atoms. The molecule has 5 rings (SSSR count). The summed E-state index contributed by atoms with van der Waals surface area (Å²) in [6.45, 7) is 10.2. The third kappa shape index (κ3) is 10.5. The third-order valence-corrected chi connectivity index (χ3v) is 10.1. The molecule has 5 N–H and O–H groups in total. The largest absolute Gasteiger partial charge is 0.481 e. The van der Waals surface area contributed by atoms with Gasteiger partial charge in [0.2, 0.25) is 5.88 Å². The van der Waals surface area contributed by atoms with Gasteiger partial charge in [0.05, 0.1) is 90.5 Å². The van der Waals surface area contributed by atoms with Gasteiger partial charge in [-0.1, -0.05) is 6.92 Å². The molecule has 0 radical (unpaired) electrons. The van der Waals surface area contributed by atoms with Gasteiger partial charge in [-0.15, -0.1) is 0 Å². The molecule has 18 heteroatoms. The topological polar surface area (TPSA) is 222 Å². The number of aliphatic carboxylic acids is 2. The summed E-state index contributed by atoms with van der Waals surface area (Å²) in [6.07, 6.45) is -3.75. The monoisotopic (exact) mass is 814 g/mol. The van der Waals surface area contributed by atoms with Crippen LogP contribution in [0.15, 0.2) is 42.6 Å². The molecule has 1 fully saturated rings. The summed E-state index contributed by atoms with van der Waals surface area (Å²) in [5.41, 5.74) is 5.25. The predicted molar refractivity (Wildman–Crippen MR) is 205 cm³/mol. The lowest BCUT2D eigenvalue weighted by Crippen LogP contribution is -2.61. The molecule has 314 valence electrons. The van der Waals surface area contributed by atoms with Crippen LogP contribution in [0.1, 0.15) is 87.0 Å². The van der Waals surface area contributed by atoms with Crippen LogP contribution in [0.5, 0.6) is 5.88 Å². The van der Waals surface area contributed by atoms with Gasteiger partial charge in [-0.25, -0.2) is 9.78 Å². The van der Waals surface area contributed by atoms with E-state index in [4.69, 9.17) is 35.1 Å². The number of hydrogen-bond acceptors (Lipinski definition) is 11. The summed E-state index contributed by atoms with van der Waals surface area (Å²) in [5, 5.41) is 37.2. The Kier molecular flexibility index (Phi) is 14.0. The van der Waals surface area contributed by atoms with Crippen molar-refractivity contribution >= 4 is 29.4 Å². The number of carbonyl (C=O) groups is 3. The molecule has 0 spiro atoms. The van der Waals surface area contributed by atoms with Crippen LogP contribution in [-0.4, -0.2) is 95.6 Å². The highest BCUT2D eigenvalue weighted by molar-refractivity contribution is 5.90. The zero-order chi connectivity index (χ0) is 43.2. The molecule has 1 saturated heterocycles. The van der Waals surface area contributed by atoms with E-state index >= 15 is 0 Å². The lowest BCUT2D eigenvalue weighted by Gasteiger charge is -2.45. The van der Waals surface area contributed by atoms with Crippen molar-refractivity contribution in [1.29, 1.82) is 5.26 Å². The number of alkyl halides is 3. The van der Waals surface area contributed by atoms with Crippen molar-refractivity contribution in [3.05, 3.63) is 76.2 Å². The molecule has 2 aliphatic heterocycles. The van der Waals surface area contributed by atoms with E-state index in [1.165, 1.54) is 40.9 Å². The van der Waals surface area contributed by atoms with E-state index in [0.29, 0.717) is 43.3 Å². The first-order chi connectivity index (χ1) is 27.1. The molecule has 0 saturated carbocycles. The molecular weight excluding hydrogens is 765 g/mol. The summed E-state index contributed by atoms with van der Waals surface area (Å²) in [6, 6.07) is 10.1. The van der Waals surface area contributed by atoms with Gasteiger partial charge in [0.15, 0.2) is 0 Å². The molecule has 1 amide bonds. The number of benzene rings is 1. The Labute approximate surface area is 334 Å². The number of hydrogen-bond donors (Lipinski definition) is 4. The molecule has 4 heterocycles. The number of nitriles is 1. The molecule has 2 atom stereocenters. The van der Waals surface area contributed by atoms with Crippen molar-refractivity contribution in [2.24, 2.45) is 16.6 Å². The highest BCUT2D eigenvalue weighted by Crippen LogP contribution is 2.46. The summed E-state index contributed by atoms with van der Waals surface area (Å²) < 4.78 is 57.2. The van der Waals surface area contributed by atoms with Gasteiger partial charge in [0.25, 0.3) is 0 Å². The molecule has 15 nitrogen and oxygen atoms in total. The number of amides is 1. The number of carboxylic acids is 2. The van der Waals surface area contributed by atoms with Crippen LogP contribution in [0.3, 0.4) is 0 Å². The fourth-order valence-electron chi connectivity index (χ4n) is 6.50. The standard InChI is InChI=1S/C30H31F3N6O4.C10H18O5/c1-3-29(35)15-23(27-24(39(29)28(40)41)4-5-25(37-27)42-2)26-20(14-22(17-36-26)38-6-8-43-9-7-38)11-18-10-19(16-34)13-21(12-18)30(31,32)33;1-9(2,7(11)12)5-15-6-10(3,4)8(13)14/h4-5,10,12-14,17,23H,3,6-9,11,15,35H2,1-2H3,(H,40,41);5-6H2,1-4H3,(H,11,12)(H,13,14)/t23-,29+;/m0./s1. The number of aromatic nitrogens is 2. The quantitative estimate of drug-likeness (QED) is 0.162. The lowest BCUT2D eigenvalue weighted by atomic mass is 9.80. The molecule has 0 aliphatic carbocycles. The number of carboxylic acid groups (broad SMARTS) is 3. The number of ether oxygens (including phenoxy) is 3. The number of methoxy groups -OCH3 is 1. The summed E-state index contributed by atoms with van der Waals surface area (Å²) in [4.78, 5) is 46.5. The number of pyridine rings is 2. The molecule has 2 aromatic heterocycles. The van der Waals surface area contributed by atoms with Gasteiger partial charge in [-0.3, -0.25) is 19.5 Å². The van der Waals surface area contributed by atoms with Crippen molar-refractivity contribution in [3.63, 3.8) is 0 Å². The van der Waals surface area contributed by atoms with Gasteiger partial charge >= 0.3 is 24.2 Å². The molecule has 0 unspecified atom stereocenters. The number of nitrogens with zero attached hydrogens (tertiary/aromatic N) is 5. The Morgan fingerprint density at radius 3 is 2.14 bits per heavy atom. The van der Waals surface area contributed by atoms with Crippen molar-refractivity contribution in [2.45, 2.75) is 71.6 Å². The van der Waals surface area contributed by atoms with E-state index in [1.807, 2.05) is 12.1 Å². The smallest absolute Gasteiger partial charge is 0.416 e. The Bertz CT molecular complexity index is 2010. The van der Waals surface area contributed by atoms with Crippen LogP contribution in [0, 0.1) is 22.2 Å². The van der Waals surface area contributed by atoms with E-state index in [9.17, 15) is 37.9 Å². The first kappa shape index (κ1) is 45.2. The van der Waals surface area contributed by atoms with Crippen molar-refractivity contribution in [2.75, 3.05) is 56.4 Å². The molecular formula is C40H49F3N6O9. The van der Waals surface area contributed by atoms with Crippen molar-refractivity contribution in [3.8, 4) is 11.9 Å². The van der Waals surface area contributed by atoms with Gasteiger partial charge < -0.3 is 40.2 Å². The van der Waals surface area contributed by atoms with E-state index in [-0.39, 0.29) is 55.2 Å². The van der Waals surface area contributed by atoms with Crippen LogP contribution in [0.4, 0.5) is 29.3 Å². The van der Waals surface area contributed by atoms with Crippen molar-refractivity contribution in [1.82, 2.24) is 9.97 Å². The number of fused-ring (bicyclic) bond motifs is 1. The molecule has 3 aromatic rings. The Morgan fingerprint density at radius 2 is 1.62 bits per heavy atom. The Balaban J connectivity index is 0.000000422. The first-order valence-electron chi connectivity index (χ1n) is 18.4. The molecule has 1 aromatic carbocycles. The first-order valence-corrected chi connectivity index (χ1v) is 18.4. The average Bonchev–Trinajstić information content (AvgIpc) is 3.17. The van der Waals surface area contributed by atoms with E-state index < -0.39 is 52.2 Å². The highest BCUT2D eigenvalue weighted by atomic mass is 19.4. The minimum atomic E-state index is -4.64. The van der Waals surface area contributed by atoms with E-state index in [0.717, 1.165) is 22.7 Å². The number of halogens is 3. The van der Waals surface area contributed by atoms with Crippen molar-refractivity contribution < 1.29 is 57.1 Å². The molecule has 58 heavy (non-hydrogen) atoms. The number of nitrogens with two attached hydrogens (primary N) is 1. The minimum absolute atomic E-state index is 0.000949. The highest BCUT2D eigenvalue weighted by Gasteiger charge is 2.47. The maximum Gasteiger partial charge on any atom is 0.416 e. The normalized spacial score (nSPS) is 18.3. The second-order valence-electron chi connectivity index (χ2n) is 15.5. The van der Waals surface area contributed by atoms with Crippen LogP contribution >= 0.6 is 0 Å². The summed E-state index contributed by atoms with van der Waals surface area (Å²) in [7, 11) is 1.45. The van der Waals surface area contributed by atoms with Crippen LogP contribution in [0.25, 0.3) is 0 Å². The van der Waals surface area contributed by atoms with Crippen LogP contribution < -0.4 is 20.3 Å². The van der Waals surface area contributed by atoms with Crippen LogP contribution in [-0.2, 0) is 31.7 Å². The summed E-state index contributed by atoms with van der Waals surface area (Å²) >= 11 is 0. The Hall–Kier alpha value is -5.51. The fourth-order valence-corrected chi connectivity index (χ4v) is 6.50. The number of rotatable bonds is 12. The zero-order valence-corrected chi connectivity index (χ0v) is 33.2. The van der Waals surface area contributed by atoms with Gasteiger partial charge in [0, 0.05) is 25.1 Å². The Morgan fingerprint density at radius 1 is 1.00 bits per heavy atom.